The molecule has 4 heteroatoms. The second kappa shape index (κ2) is 5.76. The van der Waals surface area contributed by atoms with Crippen molar-refractivity contribution in [2.45, 2.75) is 29.0 Å². The number of halogens is 2. The van der Waals surface area contributed by atoms with Gasteiger partial charge in [0.2, 0.25) is 0 Å². The predicted molar refractivity (Wildman–Crippen MR) is 82.9 cm³/mol. The zero-order chi connectivity index (χ0) is 14.1. The molecule has 2 unspecified atom stereocenters. The molecule has 0 amide bonds. The van der Waals surface area contributed by atoms with Crippen molar-refractivity contribution in [1.82, 2.24) is 0 Å². The standard InChI is InChI=1S/C16H15ClFNS/c17-12-6-5-10(7-13(12)18)8-14(19)16-9-11-3-1-2-4-15(11)20-16/h1-7,14,16H,8-9,19H2. The minimum Gasteiger partial charge on any atom is -0.326 e. The van der Waals surface area contributed by atoms with Crippen LogP contribution in [0, 0.1) is 5.82 Å². The minimum atomic E-state index is -0.376. The molecule has 2 N–H and O–H groups in total. The molecular weight excluding hydrogens is 293 g/mol. The summed E-state index contributed by atoms with van der Waals surface area (Å²) in [6, 6.07) is 13.3. The van der Waals surface area contributed by atoms with E-state index in [0.29, 0.717) is 11.7 Å². The van der Waals surface area contributed by atoms with Crippen LogP contribution >= 0.6 is 23.4 Å². The van der Waals surface area contributed by atoms with Gasteiger partial charge in [0.1, 0.15) is 5.82 Å². The predicted octanol–water partition coefficient (Wildman–Crippen LogP) is 4.07. The number of benzene rings is 2. The number of rotatable bonds is 3. The first-order valence-electron chi connectivity index (χ1n) is 6.57. The van der Waals surface area contributed by atoms with E-state index in [-0.39, 0.29) is 16.9 Å². The first kappa shape index (κ1) is 13.9. The second-order valence-corrected chi connectivity index (χ2v) is 6.77. The van der Waals surface area contributed by atoms with E-state index in [9.17, 15) is 4.39 Å². The molecule has 1 nitrogen and oxygen atoms in total. The van der Waals surface area contributed by atoms with E-state index in [1.807, 2.05) is 23.9 Å². The van der Waals surface area contributed by atoms with Gasteiger partial charge in [0, 0.05) is 16.2 Å². The SMILES string of the molecule is NC(Cc1ccc(Cl)c(F)c1)C1Cc2ccccc2S1. The van der Waals surface area contributed by atoms with Gasteiger partial charge in [-0.05, 0) is 42.2 Å². The van der Waals surface area contributed by atoms with E-state index in [1.165, 1.54) is 16.5 Å². The van der Waals surface area contributed by atoms with Gasteiger partial charge >= 0.3 is 0 Å². The maximum Gasteiger partial charge on any atom is 0.142 e. The molecule has 0 aromatic heterocycles. The molecule has 1 heterocycles. The highest BCUT2D eigenvalue weighted by Gasteiger charge is 2.27. The Morgan fingerprint density at radius 1 is 1.30 bits per heavy atom. The van der Waals surface area contributed by atoms with E-state index < -0.39 is 0 Å². The Hall–Kier alpha value is -1.03. The normalized spacial score (nSPS) is 18.9. The second-order valence-electron chi connectivity index (χ2n) is 5.08. The molecule has 0 spiro atoms. The van der Waals surface area contributed by atoms with Gasteiger partial charge < -0.3 is 5.73 Å². The topological polar surface area (TPSA) is 26.0 Å². The Kier molecular flexibility index (Phi) is 4.01. The van der Waals surface area contributed by atoms with E-state index in [2.05, 4.69) is 18.2 Å². The Morgan fingerprint density at radius 2 is 2.10 bits per heavy atom. The summed E-state index contributed by atoms with van der Waals surface area (Å²) in [6.45, 7) is 0. The largest absolute Gasteiger partial charge is 0.326 e. The van der Waals surface area contributed by atoms with Gasteiger partial charge in [-0.2, -0.15) is 0 Å². The zero-order valence-electron chi connectivity index (χ0n) is 10.9. The molecule has 0 radical (unpaired) electrons. The lowest BCUT2D eigenvalue weighted by molar-refractivity contribution is 0.611. The quantitative estimate of drug-likeness (QED) is 0.925. The van der Waals surface area contributed by atoms with Crippen molar-refractivity contribution in [1.29, 1.82) is 0 Å². The Balaban J connectivity index is 1.69. The first-order valence-corrected chi connectivity index (χ1v) is 7.83. The highest BCUT2D eigenvalue weighted by Crippen LogP contribution is 2.38. The van der Waals surface area contributed by atoms with Crippen molar-refractivity contribution in [2.75, 3.05) is 0 Å². The summed E-state index contributed by atoms with van der Waals surface area (Å²) in [5.41, 5.74) is 8.56. The third kappa shape index (κ3) is 2.85. The average molecular weight is 308 g/mol. The van der Waals surface area contributed by atoms with E-state index in [0.717, 1.165) is 12.0 Å². The Bertz CT molecular complexity index is 607. The molecule has 3 rings (SSSR count). The van der Waals surface area contributed by atoms with Crippen LogP contribution in [0.4, 0.5) is 4.39 Å². The molecule has 2 aromatic rings. The van der Waals surface area contributed by atoms with Crippen molar-refractivity contribution >= 4 is 23.4 Å². The molecule has 0 saturated heterocycles. The smallest absolute Gasteiger partial charge is 0.142 e. The zero-order valence-corrected chi connectivity index (χ0v) is 12.4. The number of hydrogen-bond donors (Lipinski definition) is 1. The van der Waals surface area contributed by atoms with E-state index in [4.69, 9.17) is 17.3 Å². The molecule has 2 aromatic carbocycles. The third-order valence-corrected chi connectivity index (χ3v) is 5.38. The van der Waals surface area contributed by atoms with Crippen LogP contribution in [0.15, 0.2) is 47.4 Å². The first-order chi connectivity index (χ1) is 9.63. The van der Waals surface area contributed by atoms with Crippen molar-refractivity contribution < 1.29 is 4.39 Å². The summed E-state index contributed by atoms with van der Waals surface area (Å²) < 4.78 is 13.4. The van der Waals surface area contributed by atoms with Crippen LogP contribution in [-0.4, -0.2) is 11.3 Å². The summed E-state index contributed by atoms with van der Waals surface area (Å²) in [7, 11) is 0. The van der Waals surface area contributed by atoms with Crippen LogP contribution < -0.4 is 5.73 Å². The van der Waals surface area contributed by atoms with Crippen LogP contribution in [0.5, 0.6) is 0 Å². The molecule has 0 aliphatic carbocycles. The number of nitrogens with two attached hydrogens (primary N) is 1. The molecule has 0 fully saturated rings. The van der Waals surface area contributed by atoms with Gasteiger partial charge in [-0.25, -0.2) is 4.39 Å². The van der Waals surface area contributed by atoms with Gasteiger partial charge in [-0.1, -0.05) is 35.9 Å². The highest BCUT2D eigenvalue weighted by atomic mass is 35.5. The highest BCUT2D eigenvalue weighted by molar-refractivity contribution is 8.00. The van der Waals surface area contributed by atoms with Crippen LogP contribution in [0.3, 0.4) is 0 Å². The summed E-state index contributed by atoms with van der Waals surface area (Å²) in [6.07, 6.45) is 1.65. The van der Waals surface area contributed by atoms with Crippen LogP contribution in [0.1, 0.15) is 11.1 Å². The molecule has 104 valence electrons. The molecule has 2 atom stereocenters. The summed E-state index contributed by atoms with van der Waals surface area (Å²) in [5, 5.41) is 0.510. The molecule has 0 saturated carbocycles. The molecule has 1 aliphatic heterocycles. The van der Waals surface area contributed by atoms with Crippen molar-refractivity contribution in [2.24, 2.45) is 5.73 Å². The lowest BCUT2D eigenvalue weighted by atomic mass is 9.99. The van der Waals surface area contributed by atoms with Crippen molar-refractivity contribution in [3.63, 3.8) is 0 Å². The number of hydrogen-bond acceptors (Lipinski definition) is 2. The molecule has 0 bridgehead atoms. The van der Waals surface area contributed by atoms with E-state index >= 15 is 0 Å². The molecule has 1 aliphatic rings. The lowest BCUT2D eigenvalue weighted by Gasteiger charge is -2.18. The summed E-state index contributed by atoms with van der Waals surface area (Å²) in [5.74, 6) is -0.376. The summed E-state index contributed by atoms with van der Waals surface area (Å²) in [4.78, 5) is 1.32. The fourth-order valence-corrected chi connectivity index (χ4v) is 3.96. The van der Waals surface area contributed by atoms with Crippen LogP contribution in [0.2, 0.25) is 5.02 Å². The van der Waals surface area contributed by atoms with Gasteiger partial charge in [0.25, 0.3) is 0 Å². The molecular formula is C16H15ClFNS. The fourth-order valence-electron chi connectivity index (χ4n) is 2.52. The van der Waals surface area contributed by atoms with Crippen LogP contribution in [0.25, 0.3) is 0 Å². The van der Waals surface area contributed by atoms with Gasteiger partial charge in [-0.15, -0.1) is 11.8 Å². The monoisotopic (exact) mass is 307 g/mol. The maximum atomic E-state index is 13.4. The Labute approximate surface area is 127 Å². The van der Waals surface area contributed by atoms with E-state index in [1.54, 1.807) is 6.07 Å². The minimum absolute atomic E-state index is 0.00738. The van der Waals surface area contributed by atoms with Crippen molar-refractivity contribution in [3.05, 3.63) is 64.4 Å². The average Bonchev–Trinajstić information content (AvgIpc) is 2.87. The number of fused-ring (bicyclic) bond motifs is 1. The van der Waals surface area contributed by atoms with Gasteiger partial charge in [-0.3, -0.25) is 0 Å². The maximum absolute atomic E-state index is 13.4. The number of thioether (sulfide) groups is 1. The molecule has 20 heavy (non-hydrogen) atoms. The van der Waals surface area contributed by atoms with Crippen LogP contribution in [-0.2, 0) is 12.8 Å². The van der Waals surface area contributed by atoms with Gasteiger partial charge in [0.05, 0.1) is 5.02 Å². The van der Waals surface area contributed by atoms with Crippen molar-refractivity contribution in [3.8, 4) is 0 Å². The van der Waals surface area contributed by atoms with Gasteiger partial charge in [0.15, 0.2) is 0 Å². The fraction of sp³-hybridized carbons (Fsp3) is 0.250. The third-order valence-electron chi connectivity index (χ3n) is 3.61. The summed E-state index contributed by atoms with van der Waals surface area (Å²) >= 11 is 7.52. The lowest BCUT2D eigenvalue weighted by Crippen LogP contribution is -2.34. The Morgan fingerprint density at radius 3 is 2.85 bits per heavy atom.